The van der Waals surface area contributed by atoms with Crippen LogP contribution in [0.15, 0.2) is 24.3 Å². The standard InChI is InChI=1S/C14H19N3O/c1-16-9-14-11-17(6-7-18-14)10-13-4-2-12(8-15)3-5-13/h2-5,14,16H,6-7,9-11H2,1H3. The van der Waals surface area contributed by atoms with Gasteiger partial charge in [0.1, 0.15) is 0 Å². The number of hydrogen-bond donors (Lipinski definition) is 1. The van der Waals surface area contributed by atoms with E-state index in [0.29, 0.717) is 5.56 Å². The largest absolute Gasteiger partial charge is 0.374 e. The lowest BCUT2D eigenvalue weighted by atomic mass is 10.1. The van der Waals surface area contributed by atoms with Crippen LogP contribution in [0.3, 0.4) is 0 Å². The molecule has 0 amide bonds. The minimum Gasteiger partial charge on any atom is -0.374 e. The van der Waals surface area contributed by atoms with Gasteiger partial charge < -0.3 is 10.1 Å². The number of hydrogen-bond acceptors (Lipinski definition) is 4. The van der Waals surface area contributed by atoms with Crippen LogP contribution in [0.25, 0.3) is 0 Å². The first-order chi connectivity index (χ1) is 8.81. The summed E-state index contributed by atoms with van der Waals surface area (Å²) in [4.78, 5) is 2.40. The molecule has 0 radical (unpaired) electrons. The van der Waals surface area contributed by atoms with Gasteiger partial charge in [0.2, 0.25) is 0 Å². The summed E-state index contributed by atoms with van der Waals surface area (Å²) in [6.07, 6.45) is 0.280. The summed E-state index contributed by atoms with van der Waals surface area (Å²) in [5, 5.41) is 11.9. The van der Waals surface area contributed by atoms with Gasteiger partial charge in [-0.3, -0.25) is 4.90 Å². The lowest BCUT2D eigenvalue weighted by Gasteiger charge is -2.32. The number of morpholine rings is 1. The van der Waals surface area contributed by atoms with E-state index in [0.717, 1.165) is 32.8 Å². The van der Waals surface area contributed by atoms with E-state index in [9.17, 15) is 0 Å². The molecule has 4 nitrogen and oxygen atoms in total. The quantitative estimate of drug-likeness (QED) is 0.859. The van der Waals surface area contributed by atoms with Crippen LogP contribution in [0.2, 0.25) is 0 Å². The first kappa shape index (κ1) is 13.0. The van der Waals surface area contributed by atoms with Gasteiger partial charge in [-0.2, -0.15) is 5.26 Å². The third-order valence-corrected chi connectivity index (χ3v) is 3.14. The van der Waals surface area contributed by atoms with E-state index >= 15 is 0 Å². The average Bonchev–Trinajstić information content (AvgIpc) is 2.40. The van der Waals surface area contributed by atoms with E-state index in [1.165, 1.54) is 5.56 Å². The molecule has 0 aromatic heterocycles. The van der Waals surface area contributed by atoms with Crippen molar-refractivity contribution < 1.29 is 4.74 Å². The fraction of sp³-hybridized carbons (Fsp3) is 0.500. The number of likely N-dealkylation sites (N-methyl/N-ethyl adjacent to an activating group) is 1. The average molecular weight is 245 g/mol. The highest BCUT2D eigenvalue weighted by Crippen LogP contribution is 2.11. The number of nitrogens with one attached hydrogen (secondary N) is 1. The third-order valence-electron chi connectivity index (χ3n) is 3.14. The maximum Gasteiger partial charge on any atom is 0.0991 e. The van der Waals surface area contributed by atoms with E-state index in [2.05, 4.69) is 16.3 Å². The van der Waals surface area contributed by atoms with Crippen LogP contribution in [0.1, 0.15) is 11.1 Å². The van der Waals surface area contributed by atoms with Gasteiger partial charge >= 0.3 is 0 Å². The minimum atomic E-state index is 0.280. The first-order valence-corrected chi connectivity index (χ1v) is 6.29. The number of rotatable bonds is 4. The molecule has 1 atom stereocenters. The summed E-state index contributed by atoms with van der Waals surface area (Å²) in [5.74, 6) is 0. The number of nitrogens with zero attached hydrogens (tertiary/aromatic N) is 2. The third kappa shape index (κ3) is 3.54. The highest BCUT2D eigenvalue weighted by molar-refractivity contribution is 5.31. The predicted octanol–water partition coefficient (Wildman–Crippen LogP) is 0.978. The van der Waals surface area contributed by atoms with Crippen LogP contribution in [-0.2, 0) is 11.3 Å². The minimum absolute atomic E-state index is 0.280. The Balaban J connectivity index is 1.90. The van der Waals surface area contributed by atoms with Crippen LogP contribution in [0.5, 0.6) is 0 Å². The van der Waals surface area contributed by atoms with Crippen molar-refractivity contribution in [2.75, 3.05) is 33.3 Å². The Labute approximate surface area is 108 Å². The van der Waals surface area contributed by atoms with Gasteiger partial charge in [-0.05, 0) is 24.7 Å². The van der Waals surface area contributed by atoms with Gasteiger partial charge in [0, 0.05) is 26.2 Å². The van der Waals surface area contributed by atoms with E-state index in [1.54, 1.807) is 0 Å². The molecule has 1 aromatic carbocycles. The molecule has 1 aliphatic heterocycles. The second-order valence-corrected chi connectivity index (χ2v) is 4.59. The Kier molecular flexibility index (Phi) is 4.71. The number of ether oxygens (including phenoxy) is 1. The number of benzene rings is 1. The van der Waals surface area contributed by atoms with Crippen molar-refractivity contribution in [3.8, 4) is 6.07 Å². The van der Waals surface area contributed by atoms with Gasteiger partial charge in [0.05, 0.1) is 24.3 Å². The monoisotopic (exact) mass is 245 g/mol. The topological polar surface area (TPSA) is 48.3 Å². The maximum atomic E-state index is 8.76. The second-order valence-electron chi connectivity index (χ2n) is 4.59. The number of nitriles is 1. The molecule has 96 valence electrons. The van der Waals surface area contributed by atoms with Crippen LogP contribution in [0, 0.1) is 11.3 Å². The van der Waals surface area contributed by atoms with E-state index in [1.807, 2.05) is 31.3 Å². The Morgan fingerprint density at radius 2 is 2.22 bits per heavy atom. The lowest BCUT2D eigenvalue weighted by molar-refractivity contribution is -0.0291. The molecule has 1 aromatic rings. The van der Waals surface area contributed by atoms with Crippen molar-refractivity contribution in [2.24, 2.45) is 0 Å². The van der Waals surface area contributed by atoms with Crippen LogP contribution in [-0.4, -0.2) is 44.3 Å². The lowest BCUT2D eigenvalue weighted by Crippen LogP contribution is -2.45. The normalized spacial score (nSPS) is 20.6. The summed E-state index contributed by atoms with van der Waals surface area (Å²) < 4.78 is 5.68. The molecule has 1 aliphatic rings. The van der Waals surface area contributed by atoms with Crippen molar-refractivity contribution in [1.82, 2.24) is 10.2 Å². The van der Waals surface area contributed by atoms with Crippen molar-refractivity contribution in [3.05, 3.63) is 35.4 Å². The van der Waals surface area contributed by atoms with E-state index < -0.39 is 0 Å². The predicted molar refractivity (Wildman–Crippen MR) is 70.1 cm³/mol. The fourth-order valence-corrected chi connectivity index (χ4v) is 2.22. The molecule has 0 bridgehead atoms. The smallest absolute Gasteiger partial charge is 0.0991 e. The van der Waals surface area contributed by atoms with E-state index in [-0.39, 0.29) is 6.10 Å². The summed E-state index contributed by atoms with van der Waals surface area (Å²) in [6, 6.07) is 9.95. The van der Waals surface area contributed by atoms with Gasteiger partial charge in [-0.15, -0.1) is 0 Å². The molecule has 0 aliphatic carbocycles. The molecule has 0 spiro atoms. The maximum absolute atomic E-state index is 8.76. The molecule has 1 fully saturated rings. The van der Waals surface area contributed by atoms with Gasteiger partial charge in [-0.25, -0.2) is 0 Å². The zero-order valence-electron chi connectivity index (χ0n) is 10.7. The van der Waals surface area contributed by atoms with Gasteiger partial charge in [0.25, 0.3) is 0 Å². The van der Waals surface area contributed by atoms with Crippen LogP contribution < -0.4 is 5.32 Å². The fourth-order valence-electron chi connectivity index (χ4n) is 2.22. The Bertz CT molecular complexity index is 408. The molecule has 4 heteroatoms. The summed E-state index contributed by atoms with van der Waals surface area (Å²) in [5.41, 5.74) is 1.97. The zero-order chi connectivity index (χ0) is 12.8. The molecule has 1 saturated heterocycles. The Morgan fingerprint density at radius 1 is 1.44 bits per heavy atom. The molecular formula is C14H19N3O. The molecule has 2 rings (SSSR count). The molecule has 1 N–H and O–H groups in total. The highest BCUT2D eigenvalue weighted by atomic mass is 16.5. The first-order valence-electron chi connectivity index (χ1n) is 6.29. The highest BCUT2D eigenvalue weighted by Gasteiger charge is 2.19. The Hall–Kier alpha value is -1.41. The molecular weight excluding hydrogens is 226 g/mol. The van der Waals surface area contributed by atoms with Gasteiger partial charge in [0.15, 0.2) is 0 Å². The molecule has 1 unspecified atom stereocenters. The van der Waals surface area contributed by atoms with Crippen molar-refractivity contribution in [3.63, 3.8) is 0 Å². The van der Waals surface area contributed by atoms with Crippen LogP contribution in [0.4, 0.5) is 0 Å². The molecule has 18 heavy (non-hydrogen) atoms. The zero-order valence-corrected chi connectivity index (χ0v) is 10.7. The van der Waals surface area contributed by atoms with Crippen molar-refractivity contribution in [1.29, 1.82) is 5.26 Å². The van der Waals surface area contributed by atoms with E-state index in [4.69, 9.17) is 10.00 Å². The van der Waals surface area contributed by atoms with Crippen molar-refractivity contribution >= 4 is 0 Å². The Morgan fingerprint density at radius 3 is 2.89 bits per heavy atom. The SMILES string of the molecule is CNCC1CN(Cc2ccc(C#N)cc2)CCO1. The van der Waals surface area contributed by atoms with Crippen molar-refractivity contribution in [2.45, 2.75) is 12.6 Å². The second kappa shape index (κ2) is 6.50. The summed E-state index contributed by atoms with van der Waals surface area (Å²) in [7, 11) is 1.95. The van der Waals surface area contributed by atoms with Gasteiger partial charge in [-0.1, -0.05) is 12.1 Å². The molecule has 0 saturated carbocycles. The summed E-state index contributed by atoms with van der Waals surface area (Å²) >= 11 is 0. The molecule has 1 heterocycles. The summed E-state index contributed by atoms with van der Waals surface area (Å²) in [6.45, 7) is 4.54. The van der Waals surface area contributed by atoms with Crippen LogP contribution >= 0.6 is 0 Å².